The Kier molecular flexibility index (Phi) is 8.10. The molecule has 32 heavy (non-hydrogen) atoms. The summed E-state index contributed by atoms with van der Waals surface area (Å²) in [5.74, 6) is -0.0168. The molecule has 1 aromatic carbocycles. The summed E-state index contributed by atoms with van der Waals surface area (Å²) in [4.78, 5) is 30.9. The van der Waals surface area contributed by atoms with Gasteiger partial charge in [0, 0.05) is 19.6 Å². The van der Waals surface area contributed by atoms with E-state index in [-0.39, 0.29) is 37.0 Å². The number of benzene rings is 1. The monoisotopic (exact) mass is 445 g/mol. The van der Waals surface area contributed by atoms with E-state index in [1.165, 1.54) is 0 Å². The lowest BCUT2D eigenvalue weighted by Crippen LogP contribution is -2.55. The van der Waals surface area contributed by atoms with Crippen LogP contribution in [0.2, 0.25) is 0 Å². The summed E-state index contributed by atoms with van der Waals surface area (Å²) in [5, 5.41) is 2.89. The van der Waals surface area contributed by atoms with Gasteiger partial charge < -0.3 is 28.8 Å². The molecule has 0 aliphatic carbocycles. The van der Waals surface area contributed by atoms with Crippen molar-refractivity contribution in [2.75, 3.05) is 31.7 Å². The molecule has 9 heteroatoms. The van der Waals surface area contributed by atoms with Crippen LogP contribution in [0.3, 0.4) is 0 Å². The van der Waals surface area contributed by atoms with Gasteiger partial charge in [0.05, 0.1) is 25.3 Å². The minimum atomic E-state index is -0.493. The van der Waals surface area contributed by atoms with Crippen LogP contribution in [0, 0.1) is 0 Å². The quantitative estimate of drug-likeness (QED) is 0.616. The van der Waals surface area contributed by atoms with Crippen LogP contribution in [0.25, 0.3) is 0 Å². The van der Waals surface area contributed by atoms with E-state index in [0.29, 0.717) is 31.3 Å². The molecule has 1 amide bonds. The number of amides is 1. The van der Waals surface area contributed by atoms with Crippen LogP contribution < -0.4 is 10.2 Å². The van der Waals surface area contributed by atoms with Gasteiger partial charge in [-0.25, -0.2) is 9.59 Å². The number of carbonyl (C=O) groups is 2. The number of rotatable bonds is 8. The highest BCUT2D eigenvalue weighted by atomic mass is 16.5. The Hall–Kier alpha value is -3.07. The Balaban J connectivity index is 1.62. The van der Waals surface area contributed by atoms with Gasteiger partial charge in [-0.05, 0) is 18.9 Å². The minimum absolute atomic E-state index is 0.0209. The van der Waals surface area contributed by atoms with Crippen LogP contribution in [0.1, 0.15) is 54.9 Å². The van der Waals surface area contributed by atoms with Gasteiger partial charge in [-0.1, -0.05) is 44.2 Å². The molecule has 1 aliphatic heterocycles. The fraction of sp³-hybridized carbons (Fsp3) is 0.522. The Morgan fingerprint density at radius 3 is 2.66 bits per heavy atom. The lowest BCUT2D eigenvalue weighted by atomic mass is 10.0. The fourth-order valence-electron chi connectivity index (χ4n) is 3.60. The van der Waals surface area contributed by atoms with Crippen LogP contribution in [0.4, 0.5) is 10.8 Å². The molecule has 174 valence electrons. The molecule has 2 aromatic rings. The first-order valence-electron chi connectivity index (χ1n) is 10.9. The highest BCUT2D eigenvalue weighted by Crippen LogP contribution is 2.28. The van der Waals surface area contributed by atoms with Crippen LogP contribution in [-0.4, -0.2) is 56.0 Å². The molecule has 9 nitrogen and oxygen atoms in total. The first kappa shape index (κ1) is 23.6. The largest absolute Gasteiger partial charge is 0.461 e. The summed E-state index contributed by atoms with van der Waals surface area (Å²) < 4.78 is 22.0. The van der Waals surface area contributed by atoms with Crippen LogP contribution in [-0.2, 0) is 20.8 Å². The summed E-state index contributed by atoms with van der Waals surface area (Å²) in [6.45, 7) is 7.10. The van der Waals surface area contributed by atoms with Crippen molar-refractivity contribution in [3.63, 3.8) is 0 Å². The van der Waals surface area contributed by atoms with Gasteiger partial charge in [-0.3, -0.25) is 0 Å². The van der Waals surface area contributed by atoms with E-state index < -0.39 is 12.1 Å². The molecule has 0 spiro atoms. The predicted octanol–water partition coefficient (Wildman–Crippen LogP) is 3.49. The maximum absolute atomic E-state index is 12.3. The van der Waals surface area contributed by atoms with Gasteiger partial charge in [0.1, 0.15) is 12.4 Å². The number of oxazole rings is 1. The van der Waals surface area contributed by atoms with Crippen molar-refractivity contribution in [2.45, 2.75) is 51.9 Å². The molecule has 0 unspecified atom stereocenters. The highest BCUT2D eigenvalue weighted by molar-refractivity contribution is 5.89. The zero-order chi connectivity index (χ0) is 23.1. The Bertz CT molecular complexity index is 898. The molecule has 0 bridgehead atoms. The zero-order valence-corrected chi connectivity index (χ0v) is 19.0. The van der Waals surface area contributed by atoms with E-state index in [1.54, 1.807) is 14.0 Å². The van der Waals surface area contributed by atoms with Gasteiger partial charge in [0.2, 0.25) is 0 Å². The zero-order valence-electron chi connectivity index (χ0n) is 19.0. The van der Waals surface area contributed by atoms with Crippen molar-refractivity contribution in [1.29, 1.82) is 0 Å². The number of hydrogen-bond donors (Lipinski definition) is 1. The molecule has 1 aromatic heterocycles. The van der Waals surface area contributed by atoms with Crippen molar-refractivity contribution >= 4 is 18.1 Å². The maximum atomic E-state index is 12.3. The second-order valence-corrected chi connectivity index (χ2v) is 7.91. The summed E-state index contributed by atoms with van der Waals surface area (Å²) in [6.07, 6.45) is -0.182. The number of aromatic nitrogens is 1. The smallest absolute Gasteiger partial charge is 0.407 e. The molecule has 0 radical (unpaired) electrons. The highest BCUT2D eigenvalue weighted by Gasteiger charge is 2.34. The van der Waals surface area contributed by atoms with E-state index >= 15 is 0 Å². The SMILES string of the molecule is CCOC(=O)c1nc(N2CC[C@H](NC(=O)OCc3ccccc3)[C@H](OC)C2)oc1C(C)C. The van der Waals surface area contributed by atoms with Crippen molar-refractivity contribution in [3.05, 3.63) is 47.3 Å². The van der Waals surface area contributed by atoms with E-state index in [0.717, 1.165) is 5.56 Å². The van der Waals surface area contributed by atoms with Gasteiger partial charge in [0.25, 0.3) is 6.01 Å². The van der Waals surface area contributed by atoms with Crippen molar-refractivity contribution in [2.24, 2.45) is 0 Å². The molecule has 2 atom stereocenters. The summed E-state index contributed by atoms with van der Waals surface area (Å²) >= 11 is 0. The predicted molar refractivity (Wildman–Crippen MR) is 118 cm³/mol. The van der Waals surface area contributed by atoms with E-state index in [4.69, 9.17) is 18.6 Å². The van der Waals surface area contributed by atoms with Crippen LogP contribution >= 0.6 is 0 Å². The molecule has 0 saturated carbocycles. The van der Waals surface area contributed by atoms with E-state index in [1.807, 2.05) is 49.1 Å². The average Bonchev–Trinajstić information content (AvgIpc) is 3.25. The number of piperidine rings is 1. The number of carbonyl (C=O) groups excluding carboxylic acids is 2. The number of methoxy groups -OCH3 is 1. The number of alkyl carbamates (subject to hydrolysis) is 1. The van der Waals surface area contributed by atoms with Crippen molar-refractivity contribution in [3.8, 4) is 0 Å². The lowest BCUT2D eigenvalue weighted by molar-refractivity contribution is 0.0516. The van der Waals surface area contributed by atoms with Crippen molar-refractivity contribution < 1.29 is 28.2 Å². The molecule has 1 aliphatic rings. The minimum Gasteiger partial charge on any atom is -0.461 e. The summed E-state index contributed by atoms with van der Waals surface area (Å²) in [5.41, 5.74) is 1.12. The standard InChI is InChI=1S/C23H31N3O6/c1-5-30-21(27)19-20(15(2)3)32-22(25-19)26-12-11-17(18(13-26)29-4)24-23(28)31-14-16-9-7-6-8-10-16/h6-10,15,17-18H,5,11-14H2,1-4H3,(H,24,28)/t17-,18+/m0/s1. The van der Waals surface area contributed by atoms with Crippen molar-refractivity contribution in [1.82, 2.24) is 10.3 Å². The van der Waals surface area contributed by atoms with Gasteiger partial charge >= 0.3 is 12.1 Å². The number of esters is 1. The normalized spacial score (nSPS) is 18.5. The maximum Gasteiger partial charge on any atom is 0.407 e. The summed E-state index contributed by atoms with van der Waals surface area (Å²) in [7, 11) is 1.59. The Morgan fingerprint density at radius 1 is 1.25 bits per heavy atom. The molecule has 1 fully saturated rings. The fourth-order valence-corrected chi connectivity index (χ4v) is 3.60. The van der Waals surface area contributed by atoms with E-state index in [9.17, 15) is 9.59 Å². The van der Waals surface area contributed by atoms with Gasteiger partial charge in [-0.15, -0.1) is 0 Å². The molecule has 1 N–H and O–H groups in total. The number of nitrogens with zero attached hydrogens (tertiary/aromatic N) is 2. The number of hydrogen-bond acceptors (Lipinski definition) is 8. The Labute approximate surface area is 188 Å². The third-order valence-electron chi connectivity index (χ3n) is 5.28. The van der Waals surface area contributed by atoms with Crippen LogP contribution in [0.5, 0.6) is 0 Å². The second kappa shape index (κ2) is 11.0. The first-order chi connectivity index (χ1) is 15.4. The third-order valence-corrected chi connectivity index (χ3v) is 5.28. The van der Waals surface area contributed by atoms with Gasteiger partial charge in [0.15, 0.2) is 5.69 Å². The molecular formula is C23H31N3O6. The second-order valence-electron chi connectivity index (χ2n) is 7.91. The number of anilines is 1. The number of nitrogens with one attached hydrogen (secondary N) is 1. The average molecular weight is 446 g/mol. The molecule has 1 saturated heterocycles. The van der Waals surface area contributed by atoms with Gasteiger partial charge in [-0.2, -0.15) is 4.98 Å². The molecular weight excluding hydrogens is 414 g/mol. The third kappa shape index (κ3) is 5.79. The summed E-state index contributed by atoms with van der Waals surface area (Å²) in [6, 6.07) is 9.63. The van der Waals surface area contributed by atoms with E-state index in [2.05, 4.69) is 10.3 Å². The molecule has 2 heterocycles. The number of ether oxygens (including phenoxy) is 3. The first-order valence-corrected chi connectivity index (χ1v) is 10.9. The molecule has 3 rings (SSSR count). The topological polar surface area (TPSA) is 103 Å². The van der Waals surface area contributed by atoms with Crippen LogP contribution in [0.15, 0.2) is 34.7 Å². The Morgan fingerprint density at radius 2 is 2.00 bits per heavy atom. The lowest BCUT2D eigenvalue weighted by Gasteiger charge is -2.37.